The minimum Gasteiger partial charge on any atom is -0.443 e. The number of allylic oxidation sites excluding steroid dienone is 1. The summed E-state index contributed by atoms with van der Waals surface area (Å²) < 4.78 is 7.23. The van der Waals surface area contributed by atoms with Crippen LogP contribution in [0.2, 0.25) is 0 Å². The Morgan fingerprint density at radius 2 is 2.15 bits per heavy atom. The molecule has 0 N–H and O–H groups in total. The summed E-state index contributed by atoms with van der Waals surface area (Å²) in [5, 5.41) is 4.39. The zero-order valence-electron chi connectivity index (χ0n) is 12.9. The van der Waals surface area contributed by atoms with E-state index in [1.807, 2.05) is 40.1 Å². The fourth-order valence-corrected chi connectivity index (χ4v) is 2.19. The van der Waals surface area contributed by atoms with Crippen molar-refractivity contribution >= 4 is 11.8 Å². The Labute approximate surface area is 120 Å². The number of aromatic nitrogens is 2. The van der Waals surface area contributed by atoms with Crippen molar-refractivity contribution in [2.45, 2.75) is 39.7 Å². The highest BCUT2D eigenvalue weighted by molar-refractivity contribution is 5.82. The Morgan fingerprint density at radius 1 is 1.45 bits per heavy atom. The quantitative estimate of drug-likeness (QED) is 0.792. The van der Waals surface area contributed by atoms with E-state index in [9.17, 15) is 4.79 Å². The van der Waals surface area contributed by atoms with Crippen LogP contribution in [0.3, 0.4) is 0 Å². The van der Waals surface area contributed by atoms with E-state index in [1.165, 1.54) is 0 Å². The van der Waals surface area contributed by atoms with Crippen molar-refractivity contribution in [2.24, 2.45) is 13.0 Å². The van der Waals surface area contributed by atoms with Crippen molar-refractivity contribution in [3.63, 3.8) is 0 Å². The Morgan fingerprint density at radius 3 is 2.70 bits per heavy atom. The number of hydrogen-bond acceptors (Lipinski definition) is 3. The minimum absolute atomic E-state index is 0.305. The largest absolute Gasteiger partial charge is 0.443 e. The molecule has 0 saturated heterocycles. The van der Waals surface area contributed by atoms with E-state index >= 15 is 0 Å². The van der Waals surface area contributed by atoms with E-state index in [2.05, 4.69) is 18.1 Å². The lowest BCUT2D eigenvalue weighted by molar-refractivity contribution is 0.0327. The van der Waals surface area contributed by atoms with Gasteiger partial charge in [0, 0.05) is 19.8 Å². The lowest BCUT2D eigenvalue weighted by atomic mass is 10.0. The SMILES string of the molecule is C[C@H]1CC=C(c2ccn(C)n2)N(C(=O)OC(C)(C)C)C1. The van der Waals surface area contributed by atoms with Gasteiger partial charge in [0.1, 0.15) is 11.3 Å². The third-order valence-electron chi connectivity index (χ3n) is 3.09. The first-order chi connectivity index (χ1) is 9.26. The summed E-state index contributed by atoms with van der Waals surface area (Å²) in [4.78, 5) is 14.1. The summed E-state index contributed by atoms with van der Waals surface area (Å²) in [6, 6.07) is 1.92. The Balaban J connectivity index is 2.26. The zero-order valence-corrected chi connectivity index (χ0v) is 12.9. The first-order valence-corrected chi connectivity index (χ1v) is 6.97. The van der Waals surface area contributed by atoms with Gasteiger partial charge in [-0.2, -0.15) is 5.10 Å². The predicted octanol–water partition coefficient (Wildman–Crippen LogP) is 3.04. The molecule has 1 aliphatic heterocycles. The molecule has 110 valence electrons. The molecule has 0 bridgehead atoms. The highest BCUT2D eigenvalue weighted by Gasteiger charge is 2.30. The first-order valence-electron chi connectivity index (χ1n) is 6.97. The molecule has 1 aliphatic rings. The van der Waals surface area contributed by atoms with Crippen LogP contribution in [0.15, 0.2) is 18.3 Å². The molecule has 1 atom stereocenters. The van der Waals surface area contributed by atoms with E-state index in [0.29, 0.717) is 12.5 Å². The molecule has 0 saturated carbocycles. The van der Waals surface area contributed by atoms with Crippen molar-refractivity contribution in [2.75, 3.05) is 6.54 Å². The maximum absolute atomic E-state index is 12.4. The van der Waals surface area contributed by atoms with Crippen LogP contribution >= 0.6 is 0 Å². The normalized spacial score (nSPS) is 19.8. The molecule has 5 heteroatoms. The lowest BCUT2D eigenvalue weighted by Gasteiger charge is -2.33. The van der Waals surface area contributed by atoms with Crippen molar-refractivity contribution in [3.8, 4) is 0 Å². The van der Waals surface area contributed by atoms with Crippen molar-refractivity contribution < 1.29 is 9.53 Å². The molecule has 0 fully saturated rings. The second-order valence-electron chi connectivity index (χ2n) is 6.40. The first kappa shape index (κ1) is 14.6. The molecule has 0 spiro atoms. The highest BCUT2D eigenvalue weighted by atomic mass is 16.6. The van der Waals surface area contributed by atoms with Gasteiger partial charge in [0.05, 0.1) is 5.70 Å². The number of amides is 1. The van der Waals surface area contributed by atoms with Crippen LogP contribution in [0.1, 0.15) is 39.8 Å². The molecular formula is C15H23N3O2. The number of carbonyl (C=O) groups is 1. The van der Waals surface area contributed by atoms with E-state index in [1.54, 1.807) is 9.58 Å². The molecular weight excluding hydrogens is 254 g/mol. The Kier molecular flexibility index (Phi) is 3.88. The summed E-state index contributed by atoms with van der Waals surface area (Å²) in [5.41, 5.74) is 1.16. The van der Waals surface area contributed by atoms with Gasteiger partial charge in [-0.15, -0.1) is 0 Å². The van der Waals surface area contributed by atoms with Gasteiger partial charge >= 0.3 is 6.09 Å². The maximum atomic E-state index is 12.4. The number of hydrogen-bond donors (Lipinski definition) is 0. The molecule has 1 aromatic rings. The van der Waals surface area contributed by atoms with Crippen LogP contribution in [-0.4, -0.2) is 32.9 Å². The third kappa shape index (κ3) is 3.40. The number of carbonyl (C=O) groups excluding carboxylic acids is 1. The number of ether oxygens (including phenoxy) is 1. The van der Waals surface area contributed by atoms with Crippen molar-refractivity contribution in [1.29, 1.82) is 0 Å². The number of nitrogens with zero attached hydrogens (tertiary/aromatic N) is 3. The number of rotatable bonds is 1. The van der Waals surface area contributed by atoms with Gasteiger partial charge in [-0.3, -0.25) is 9.58 Å². The van der Waals surface area contributed by atoms with E-state index in [0.717, 1.165) is 17.8 Å². The standard InChI is InChI=1S/C15H23N3O2/c1-11-6-7-13(12-8-9-17(5)16-12)18(10-11)14(19)20-15(2,3)4/h7-9,11H,6,10H2,1-5H3/t11-/m0/s1. The summed E-state index contributed by atoms with van der Waals surface area (Å²) in [7, 11) is 1.87. The third-order valence-corrected chi connectivity index (χ3v) is 3.09. The fourth-order valence-electron chi connectivity index (χ4n) is 2.19. The Bertz CT molecular complexity index is 525. The molecule has 20 heavy (non-hydrogen) atoms. The highest BCUT2D eigenvalue weighted by Crippen LogP contribution is 2.28. The Hall–Kier alpha value is -1.78. The molecule has 0 aromatic carbocycles. The van der Waals surface area contributed by atoms with Gasteiger partial charge in [0.15, 0.2) is 0 Å². The fraction of sp³-hybridized carbons (Fsp3) is 0.600. The average molecular weight is 277 g/mol. The molecule has 1 aromatic heterocycles. The summed E-state index contributed by atoms with van der Waals surface area (Å²) in [6.07, 6.45) is 4.59. The van der Waals surface area contributed by atoms with Crippen molar-refractivity contribution in [3.05, 3.63) is 24.0 Å². The molecule has 0 aliphatic carbocycles. The zero-order chi connectivity index (χ0) is 14.9. The van der Waals surface area contributed by atoms with Crippen molar-refractivity contribution in [1.82, 2.24) is 14.7 Å². The molecule has 0 unspecified atom stereocenters. The van der Waals surface area contributed by atoms with Gasteiger partial charge in [-0.1, -0.05) is 13.0 Å². The maximum Gasteiger partial charge on any atom is 0.414 e. The van der Waals surface area contributed by atoms with Gasteiger partial charge in [-0.05, 0) is 39.2 Å². The predicted molar refractivity (Wildman–Crippen MR) is 77.9 cm³/mol. The molecule has 1 amide bonds. The summed E-state index contributed by atoms with van der Waals surface area (Å²) in [6.45, 7) is 8.42. The van der Waals surface area contributed by atoms with Gasteiger partial charge in [0.2, 0.25) is 0 Å². The molecule has 5 nitrogen and oxygen atoms in total. The van der Waals surface area contributed by atoms with Crippen LogP contribution < -0.4 is 0 Å². The van der Waals surface area contributed by atoms with Crippen LogP contribution in [-0.2, 0) is 11.8 Å². The second-order valence-corrected chi connectivity index (χ2v) is 6.40. The van der Waals surface area contributed by atoms with Crippen LogP contribution in [0.25, 0.3) is 5.70 Å². The monoisotopic (exact) mass is 277 g/mol. The van der Waals surface area contributed by atoms with Crippen LogP contribution in [0, 0.1) is 5.92 Å². The smallest absolute Gasteiger partial charge is 0.414 e. The second kappa shape index (κ2) is 5.31. The van der Waals surface area contributed by atoms with Crippen LogP contribution in [0.4, 0.5) is 4.79 Å². The average Bonchev–Trinajstić information content (AvgIpc) is 2.73. The lowest BCUT2D eigenvalue weighted by Crippen LogP contribution is -2.39. The number of aryl methyl sites for hydroxylation is 1. The van der Waals surface area contributed by atoms with Crippen LogP contribution in [0.5, 0.6) is 0 Å². The molecule has 2 heterocycles. The van der Waals surface area contributed by atoms with Gasteiger partial charge in [-0.25, -0.2) is 4.79 Å². The summed E-state index contributed by atoms with van der Waals surface area (Å²) >= 11 is 0. The topological polar surface area (TPSA) is 47.4 Å². The van der Waals surface area contributed by atoms with E-state index < -0.39 is 5.60 Å². The van der Waals surface area contributed by atoms with Gasteiger partial charge < -0.3 is 4.74 Å². The van der Waals surface area contributed by atoms with E-state index in [4.69, 9.17) is 4.74 Å². The van der Waals surface area contributed by atoms with Gasteiger partial charge in [0.25, 0.3) is 0 Å². The summed E-state index contributed by atoms with van der Waals surface area (Å²) in [5.74, 6) is 0.426. The molecule has 2 rings (SSSR count). The minimum atomic E-state index is -0.493. The molecule has 0 radical (unpaired) electrons. The van der Waals surface area contributed by atoms with E-state index in [-0.39, 0.29) is 6.09 Å².